The number of nitrogens with one attached hydrogen (secondary N) is 1. The smallest absolute Gasteiger partial charge is 0.236 e. The van der Waals surface area contributed by atoms with Crippen molar-refractivity contribution in [2.75, 3.05) is 70.3 Å². The summed E-state index contributed by atoms with van der Waals surface area (Å²) in [7, 11) is 0. The van der Waals surface area contributed by atoms with Crippen LogP contribution in [0.3, 0.4) is 0 Å². The summed E-state index contributed by atoms with van der Waals surface area (Å²) < 4.78 is 0. The van der Waals surface area contributed by atoms with Gasteiger partial charge >= 0.3 is 0 Å². The summed E-state index contributed by atoms with van der Waals surface area (Å²) in [5.74, 6) is 0.263. The van der Waals surface area contributed by atoms with E-state index in [4.69, 9.17) is 11.6 Å². The minimum absolute atomic E-state index is 0.0644. The van der Waals surface area contributed by atoms with E-state index >= 15 is 0 Å². The topological polar surface area (TPSA) is 59.1 Å². The van der Waals surface area contributed by atoms with Crippen LogP contribution in [0.4, 0.5) is 5.69 Å². The summed E-state index contributed by atoms with van der Waals surface area (Å²) in [6.45, 7) is 13.4. The van der Waals surface area contributed by atoms with E-state index in [2.05, 4.69) is 26.1 Å². The standard InChI is InChI=1S/C23H36ClN5O2/c1-23(2,3)25-21(30)17-26-8-5-9-27(11-10-26)18-22(31)29-14-12-28(13-15-29)20-7-4-6-19(24)16-20/h4,6-7,16H,5,8-15,17-18H2,1-3H3,(H,25,30). The summed E-state index contributed by atoms with van der Waals surface area (Å²) in [4.78, 5) is 33.7. The number of carbonyl (C=O) groups is 2. The molecular weight excluding hydrogens is 414 g/mol. The van der Waals surface area contributed by atoms with Crippen LogP contribution >= 0.6 is 11.6 Å². The molecule has 1 aromatic carbocycles. The highest BCUT2D eigenvalue weighted by Crippen LogP contribution is 2.21. The van der Waals surface area contributed by atoms with Gasteiger partial charge in [0.1, 0.15) is 0 Å². The lowest BCUT2D eigenvalue weighted by Crippen LogP contribution is -2.51. The van der Waals surface area contributed by atoms with Crippen molar-refractivity contribution < 1.29 is 9.59 Å². The number of rotatable bonds is 5. The quantitative estimate of drug-likeness (QED) is 0.744. The highest BCUT2D eigenvalue weighted by molar-refractivity contribution is 6.30. The molecule has 2 fully saturated rings. The first kappa shape index (κ1) is 23.8. The molecule has 8 heteroatoms. The molecule has 2 saturated heterocycles. The van der Waals surface area contributed by atoms with Crippen molar-refractivity contribution in [3.05, 3.63) is 29.3 Å². The molecule has 0 atom stereocenters. The first-order valence-electron chi connectivity index (χ1n) is 11.2. The number of amides is 2. The van der Waals surface area contributed by atoms with Crippen molar-refractivity contribution in [3.8, 4) is 0 Å². The average Bonchev–Trinajstić information content (AvgIpc) is 2.91. The van der Waals surface area contributed by atoms with Crippen LogP contribution in [-0.4, -0.2) is 97.5 Å². The van der Waals surface area contributed by atoms with Crippen LogP contribution in [0.1, 0.15) is 27.2 Å². The van der Waals surface area contributed by atoms with Crippen LogP contribution < -0.4 is 10.2 Å². The second-order valence-corrected chi connectivity index (χ2v) is 9.99. The largest absolute Gasteiger partial charge is 0.368 e. The molecule has 2 heterocycles. The van der Waals surface area contributed by atoms with Gasteiger partial charge in [0, 0.05) is 55.5 Å². The van der Waals surface area contributed by atoms with E-state index in [-0.39, 0.29) is 17.4 Å². The number of carbonyl (C=O) groups excluding carboxylic acids is 2. The molecule has 2 aliphatic rings. The molecule has 0 saturated carbocycles. The fraction of sp³-hybridized carbons (Fsp3) is 0.652. The lowest BCUT2D eigenvalue weighted by molar-refractivity contribution is -0.132. The molecule has 0 aromatic heterocycles. The third-order valence-electron chi connectivity index (χ3n) is 5.73. The van der Waals surface area contributed by atoms with Crippen LogP contribution in [0, 0.1) is 0 Å². The van der Waals surface area contributed by atoms with Gasteiger partial charge in [-0.1, -0.05) is 17.7 Å². The SMILES string of the molecule is CC(C)(C)NC(=O)CN1CCCN(CC(=O)N2CCN(c3cccc(Cl)c3)CC2)CC1. The van der Waals surface area contributed by atoms with Gasteiger partial charge in [0.15, 0.2) is 0 Å². The molecule has 2 aliphatic heterocycles. The van der Waals surface area contributed by atoms with Gasteiger partial charge in [0.05, 0.1) is 13.1 Å². The highest BCUT2D eigenvalue weighted by atomic mass is 35.5. The van der Waals surface area contributed by atoms with Gasteiger partial charge in [-0.2, -0.15) is 0 Å². The van der Waals surface area contributed by atoms with Crippen LogP contribution in [0.25, 0.3) is 0 Å². The van der Waals surface area contributed by atoms with E-state index < -0.39 is 0 Å². The number of hydrogen-bond donors (Lipinski definition) is 1. The fourth-order valence-electron chi connectivity index (χ4n) is 4.18. The fourth-order valence-corrected chi connectivity index (χ4v) is 4.36. The van der Waals surface area contributed by atoms with Gasteiger partial charge in [-0.05, 0) is 58.5 Å². The summed E-state index contributed by atoms with van der Waals surface area (Å²) in [5.41, 5.74) is 0.903. The maximum atomic E-state index is 12.9. The number of anilines is 1. The molecule has 2 amide bonds. The van der Waals surface area contributed by atoms with Crippen LogP contribution in [-0.2, 0) is 9.59 Å². The van der Waals surface area contributed by atoms with Gasteiger partial charge in [0.2, 0.25) is 11.8 Å². The molecule has 0 spiro atoms. The minimum atomic E-state index is -0.210. The lowest BCUT2D eigenvalue weighted by Gasteiger charge is -2.37. The number of nitrogens with zero attached hydrogens (tertiary/aromatic N) is 4. The van der Waals surface area contributed by atoms with Crippen LogP contribution in [0.5, 0.6) is 0 Å². The van der Waals surface area contributed by atoms with Gasteiger partial charge in [-0.3, -0.25) is 19.4 Å². The summed E-state index contributed by atoms with van der Waals surface area (Å²) in [6, 6.07) is 7.88. The maximum Gasteiger partial charge on any atom is 0.236 e. The molecular formula is C23H36ClN5O2. The van der Waals surface area contributed by atoms with E-state index in [0.717, 1.165) is 69.5 Å². The number of benzene rings is 1. The zero-order valence-corrected chi connectivity index (χ0v) is 19.8. The summed E-state index contributed by atoms with van der Waals surface area (Å²) in [5, 5.41) is 3.76. The van der Waals surface area contributed by atoms with E-state index in [0.29, 0.717) is 13.1 Å². The minimum Gasteiger partial charge on any atom is -0.368 e. The van der Waals surface area contributed by atoms with Crippen molar-refractivity contribution in [2.45, 2.75) is 32.7 Å². The Balaban J connectivity index is 1.41. The zero-order valence-electron chi connectivity index (χ0n) is 19.1. The summed E-state index contributed by atoms with van der Waals surface area (Å²) in [6.07, 6.45) is 0.971. The molecule has 0 bridgehead atoms. The Labute approximate surface area is 191 Å². The molecule has 3 rings (SSSR count). The van der Waals surface area contributed by atoms with Crippen molar-refractivity contribution in [3.63, 3.8) is 0 Å². The first-order valence-corrected chi connectivity index (χ1v) is 11.6. The van der Waals surface area contributed by atoms with Crippen LogP contribution in [0.15, 0.2) is 24.3 Å². The molecule has 0 unspecified atom stereocenters. The Morgan fingerprint density at radius 3 is 2.19 bits per heavy atom. The van der Waals surface area contributed by atoms with Crippen LogP contribution in [0.2, 0.25) is 5.02 Å². The average molecular weight is 450 g/mol. The second kappa shape index (κ2) is 10.7. The Hall–Kier alpha value is -1.83. The third-order valence-corrected chi connectivity index (χ3v) is 5.96. The van der Waals surface area contributed by atoms with Gasteiger partial charge in [-0.25, -0.2) is 0 Å². The van der Waals surface area contributed by atoms with Gasteiger partial charge in [0.25, 0.3) is 0 Å². The van der Waals surface area contributed by atoms with Gasteiger partial charge in [-0.15, -0.1) is 0 Å². The lowest BCUT2D eigenvalue weighted by atomic mass is 10.1. The van der Waals surface area contributed by atoms with Gasteiger partial charge < -0.3 is 15.1 Å². The Kier molecular flexibility index (Phi) is 8.19. The number of halogens is 1. The molecule has 1 aromatic rings. The molecule has 0 radical (unpaired) electrons. The number of piperazine rings is 1. The normalized spacial score (nSPS) is 19.2. The second-order valence-electron chi connectivity index (χ2n) is 9.55. The Morgan fingerprint density at radius 1 is 0.935 bits per heavy atom. The molecule has 172 valence electrons. The predicted octanol–water partition coefficient (Wildman–Crippen LogP) is 1.91. The Bertz CT molecular complexity index is 759. The Morgan fingerprint density at radius 2 is 1.58 bits per heavy atom. The first-order chi connectivity index (χ1) is 14.7. The summed E-state index contributed by atoms with van der Waals surface area (Å²) >= 11 is 6.11. The molecule has 0 aliphatic carbocycles. The molecule has 31 heavy (non-hydrogen) atoms. The van der Waals surface area contributed by atoms with Crippen molar-refractivity contribution in [2.24, 2.45) is 0 Å². The van der Waals surface area contributed by atoms with Crippen molar-refractivity contribution in [1.82, 2.24) is 20.0 Å². The molecule has 7 nitrogen and oxygen atoms in total. The zero-order chi connectivity index (χ0) is 22.4. The predicted molar refractivity (Wildman–Crippen MR) is 126 cm³/mol. The van der Waals surface area contributed by atoms with E-state index in [1.165, 1.54) is 0 Å². The highest BCUT2D eigenvalue weighted by Gasteiger charge is 2.25. The van der Waals surface area contributed by atoms with E-state index in [1.807, 2.05) is 43.9 Å². The number of hydrogen-bond acceptors (Lipinski definition) is 5. The monoisotopic (exact) mass is 449 g/mol. The third kappa shape index (κ3) is 7.66. The van der Waals surface area contributed by atoms with E-state index in [9.17, 15) is 9.59 Å². The van der Waals surface area contributed by atoms with E-state index in [1.54, 1.807) is 0 Å². The maximum absolute atomic E-state index is 12.9. The van der Waals surface area contributed by atoms with Crippen molar-refractivity contribution in [1.29, 1.82) is 0 Å². The van der Waals surface area contributed by atoms with Crippen molar-refractivity contribution >= 4 is 29.1 Å². The molecule has 1 N–H and O–H groups in total.